The summed E-state index contributed by atoms with van der Waals surface area (Å²) in [6, 6.07) is 3.65. The number of hydrogen-bond donors (Lipinski definition) is 0. The predicted octanol–water partition coefficient (Wildman–Crippen LogP) is 7.19. The van der Waals surface area contributed by atoms with Gasteiger partial charge in [0.1, 0.15) is 11.5 Å². The Labute approximate surface area is 180 Å². The maximum atomic E-state index is 11.9. The molecule has 1 aromatic rings. The second kappa shape index (κ2) is 8.53. The van der Waals surface area contributed by atoms with Crippen molar-refractivity contribution in [2.24, 2.45) is 0 Å². The van der Waals surface area contributed by atoms with Gasteiger partial charge in [0.25, 0.3) is 16.6 Å². The molecule has 160 valence electrons. The van der Waals surface area contributed by atoms with Gasteiger partial charge in [-0.2, -0.15) is 0 Å². The van der Waals surface area contributed by atoms with Gasteiger partial charge < -0.3 is 8.85 Å². The lowest BCUT2D eigenvalue weighted by Gasteiger charge is -2.38. The highest BCUT2D eigenvalue weighted by Crippen LogP contribution is 2.41. The molecule has 0 N–H and O–H groups in total. The third kappa shape index (κ3) is 6.35. The van der Waals surface area contributed by atoms with Crippen molar-refractivity contribution < 1.29 is 13.6 Å². The van der Waals surface area contributed by atoms with Gasteiger partial charge in [-0.15, -0.1) is 0 Å². The van der Waals surface area contributed by atoms with Crippen LogP contribution in [0, 0.1) is 11.8 Å². The summed E-state index contributed by atoms with van der Waals surface area (Å²) in [5, 5.41) is 0.0523. The first-order valence-electron chi connectivity index (χ1n) is 10.1. The highest BCUT2D eigenvalue weighted by atomic mass is 28.4. The largest absolute Gasteiger partial charge is 0.543 e. The van der Waals surface area contributed by atoms with Gasteiger partial charge in [-0.3, -0.25) is 4.79 Å². The molecule has 0 saturated carbocycles. The van der Waals surface area contributed by atoms with Gasteiger partial charge >= 0.3 is 0 Å². The molecular weight excluding hydrogens is 392 g/mol. The van der Waals surface area contributed by atoms with Gasteiger partial charge in [0.05, 0.1) is 11.1 Å². The number of rotatable bonds is 5. The van der Waals surface area contributed by atoms with Gasteiger partial charge in [0.15, 0.2) is 6.29 Å². The minimum atomic E-state index is -2.11. The molecule has 0 fully saturated rings. The summed E-state index contributed by atoms with van der Waals surface area (Å²) in [6.45, 7) is 27.5. The van der Waals surface area contributed by atoms with E-state index in [-0.39, 0.29) is 10.1 Å². The van der Waals surface area contributed by atoms with E-state index in [4.69, 9.17) is 8.85 Å². The number of allylic oxidation sites excluding steroid dienone is 1. The molecule has 3 nitrogen and oxygen atoms in total. The Balaban J connectivity index is 3.62. The van der Waals surface area contributed by atoms with Crippen LogP contribution in [0.25, 0.3) is 0 Å². The molecule has 5 heteroatoms. The molecular formula is C24H38O3Si2. The van der Waals surface area contributed by atoms with Crippen LogP contribution in [0.2, 0.25) is 36.3 Å². The SMILES string of the molecule is C=C(C)C#Cc1cc(O[Si](C)(C)C(C)(C)C)c(C=O)cc1O[Si](C)(C)C(C)(C)C. The van der Waals surface area contributed by atoms with Crippen LogP contribution >= 0.6 is 0 Å². The highest BCUT2D eigenvalue weighted by Gasteiger charge is 2.41. The molecule has 0 radical (unpaired) electrons. The first-order valence-corrected chi connectivity index (χ1v) is 15.9. The standard InChI is InChI=1S/C24H38O3Si2/c1-18(2)13-14-19-15-22(27-29(11,12)24(6,7)8)20(17-25)16-21(19)26-28(9,10)23(3,4)5/h15-17H,1H2,2-12H3. The van der Waals surface area contributed by atoms with Crippen LogP contribution in [-0.2, 0) is 0 Å². The van der Waals surface area contributed by atoms with Crippen molar-refractivity contribution in [3.8, 4) is 23.3 Å². The van der Waals surface area contributed by atoms with Gasteiger partial charge in [-0.1, -0.05) is 60.0 Å². The minimum Gasteiger partial charge on any atom is -0.543 e. The monoisotopic (exact) mass is 430 g/mol. The summed E-state index contributed by atoms with van der Waals surface area (Å²) < 4.78 is 13.0. The zero-order valence-electron chi connectivity index (χ0n) is 20.2. The van der Waals surface area contributed by atoms with Crippen molar-refractivity contribution >= 4 is 22.9 Å². The van der Waals surface area contributed by atoms with Crippen molar-refractivity contribution in [3.63, 3.8) is 0 Å². The Bertz CT molecular complexity index is 842. The van der Waals surface area contributed by atoms with E-state index < -0.39 is 16.6 Å². The minimum absolute atomic E-state index is 0.0208. The van der Waals surface area contributed by atoms with E-state index in [0.29, 0.717) is 17.1 Å². The summed E-state index contributed by atoms with van der Waals surface area (Å²) in [4.78, 5) is 11.9. The van der Waals surface area contributed by atoms with Crippen LogP contribution in [0.3, 0.4) is 0 Å². The lowest BCUT2D eigenvalue weighted by atomic mass is 10.1. The highest BCUT2D eigenvalue weighted by molar-refractivity contribution is 6.75. The van der Waals surface area contributed by atoms with Gasteiger partial charge in [-0.05, 0) is 60.9 Å². The van der Waals surface area contributed by atoms with E-state index in [1.165, 1.54) is 0 Å². The topological polar surface area (TPSA) is 35.5 Å². The van der Waals surface area contributed by atoms with E-state index in [0.717, 1.165) is 17.4 Å². The summed E-state index contributed by atoms with van der Waals surface area (Å²) in [6.07, 6.45) is 0.844. The second-order valence-corrected chi connectivity index (χ2v) is 20.2. The molecule has 0 aromatic heterocycles. The van der Waals surface area contributed by atoms with E-state index in [9.17, 15) is 4.79 Å². The second-order valence-electron chi connectivity index (χ2n) is 10.8. The van der Waals surface area contributed by atoms with E-state index >= 15 is 0 Å². The first kappa shape index (κ1) is 25.3. The Morgan fingerprint density at radius 2 is 1.38 bits per heavy atom. The van der Waals surface area contributed by atoms with Gasteiger partial charge in [0.2, 0.25) is 0 Å². The number of benzene rings is 1. The molecule has 0 aliphatic carbocycles. The summed E-state index contributed by atoms with van der Waals surface area (Å²) >= 11 is 0. The number of carbonyl (C=O) groups is 1. The molecule has 0 amide bonds. The van der Waals surface area contributed by atoms with Crippen LogP contribution in [-0.4, -0.2) is 22.9 Å². The summed E-state index contributed by atoms with van der Waals surface area (Å²) in [5.41, 5.74) is 2.01. The van der Waals surface area contributed by atoms with Crippen molar-refractivity contribution in [3.05, 3.63) is 35.4 Å². The first-order chi connectivity index (χ1) is 12.9. The average Bonchev–Trinajstić information content (AvgIpc) is 2.51. The fraction of sp³-hybridized carbons (Fsp3) is 0.542. The van der Waals surface area contributed by atoms with E-state index in [2.05, 4.69) is 86.2 Å². The molecule has 0 heterocycles. The predicted molar refractivity (Wildman–Crippen MR) is 129 cm³/mol. The zero-order chi connectivity index (χ0) is 22.8. The molecule has 0 aliphatic heterocycles. The fourth-order valence-corrected chi connectivity index (χ4v) is 4.03. The molecule has 1 aromatic carbocycles. The molecule has 1 rings (SSSR count). The van der Waals surface area contributed by atoms with Crippen molar-refractivity contribution in [2.45, 2.75) is 84.7 Å². The zero-order valence-corrected chi connectivity index (χ0v) is 22.2. The number of aldehydes is 1. The Kier molecular flexibility index (Phi) is 7.43. The Morgan fingerprint density at radius 3 is 1.76 bits per heavy atom. The Morgan fingerprint density at radius 1 is 0.931 bits per heavy atom. The molecule has 0 spiro atoms. The van der Waals surface area contributed by atoms with Gasteiger partial charge in [-0.25, -0.2) is 0 Å². The number of carbonyl (C=O) groups excluding carboxylic acids is 1. The van der Waals surface area contributed by atoms with Crippen molar-refractivity contribution in [1.82, 2.24) is 0 Å². The van der Waals surface area contributed by atoms with Crippen LogP contribution in [0.4, 0.5) is 0 Å². The maximum absolute atomic E-state index is 11.9. The summed E-state index contributed by atoms with van der Waals surface area (Å²) in [5.74, 6) is 7.44. The third-order valence-electron chi connectivity index (χ3n) is 5.99. The lowest BCUT2D eigenvalue weighted by molar-refractivity contribution is 0.112. The lowest BCUT2D eigenvalue weighted by Crippen LogP contribution is -2.44. The fourth-order valence-electron chi connectivity index (χ4n) is 1.97. The molecule has 0 atom stereocenters. The smallest absolute Gasteiger partial charge is 0.250 e. The maximum Gasteiger partial charge on any atom is 0.250 e. The molecule has 0 bridgehead atoms. The van der Waals surface area contributed by atoms with Gasteiger partial charge in [0, 0.05) is 0 Å². The van der Waals surface area contributed by atoms with Crippen LogP contribution < -0.4 is 8.85 Å². The normalized spacial score (nSPS) is 12.7. The van der Waals surface area contributed by atoms with Crippen molar-refractivity contribution in [1.29, 1.82) is 0 Å². The molecule has 0 saturated heterocycles. The van der Waals surface area contributed by atoms with E-state index in [1.807, 2.05) is 13.0 Å². The molecule has 29 heavy (non-hydrogen) atoms. The quantitative estimate of drug-likeness (QED) is 0.281. The summed E-state index contributed by atoms with van der Waals surface area (Å²) in [7, 11) is -4.21. The molecule has 0 unspecified atom stereocenters. The van der Waals surface area contributed by atoms with Crippen LogP contribution in [0.15, 0.2) is 24.3 Å². The average molecular weight is 431 g/mol. The van der Waals surface area contributed by atoms with Crippen molar-refractivity contribution in [2.75, 3.05) is 0 Å². The van der Waals surface area contributed by atoms with Crippen LogP contribution in [0.5, 0.6) is 11.5 Å². The molecule has 0 aliphatic rings. The van der Waals surface area contributed by atoms with Crippen LogP contribution in [0.1, 0.15) is 64.4 Å². The Hall–Kier alpha value is -1.78. The number of hydrogen-bond acceptors (Lipinski definition) is 3. The third-order valence-corrected chi connectivity index (χ3v) is 14.7. The van der Waals surface area contributed by atoms with E-state index in [1.54, 1.807) is 6.07 Å².